The molecule has 0 atom stereocenters. The first-order valence-corrected chi connectivity index (χ1v) is 8.27. The number of aromatic nitrogens is 2. The summed E-state index contributed by atoms with van der Waals surface area (Å²) in [5.41, 5.74) is 2.00. The molecule has 0 amide bonds. The smallest absolute Gasteiger partial charge is 0.0863 e. The molecule has 102 valence electrons. The van der Waals surface area contributed by atoms with Crippen molar-refractivity contribution in [1.82, 2.24) is 15.1 Å². The first-order chi connectivity index (χ1) is 8.61. The van der Waals surface area contributed by atoms with E-state index in [2.05, 4.69) is 17.3 Å². The van der Waals surface area contributed by atoms with Crippen LogP contribution in [0.15, 0.2) is 0 Å². The maximum absolute atomic E-state index is 11.3. The number of rotatable bonds is 4. The van der Waals surface area contributed by atoms with E-state index < -0.39 is 10.8 Å². The van der Waals surface area contributed by atoms with Crippen molar-refractivity contribution in [3.05, 3.63) is 16.4 Å². The van der Waals surface area contributed by atoms with Gasteiger partial charge in [-0.2, -0.15) is 5.10 Å². The molecular formula is C12H20ClN3OS. The largest absolute Gasteiger partial charge is 0.308 e. The van der Waals surface area contributed by atoms with Crippen molar-refractivity contribution < 1.29 is 4.21 Å². The number of aryl methyl sites for hydroxylation is 2. The second kappa shape index (κ2) is 6.17. The maximum atomic E-state index is 11.3. The summed E-state index contributed by atoms with van der Waals surface area (Å²) in [6, 6.07) is 0.457. The second-order valence-corrected chi connectivity index (χ2v) is 6.76. The van der Waals surface area contributed by atoms with Gasteiger partial charge < -0.3 is 5.32 Å². The van der Waals surface area contributed by atoms with E-state index in [1.165, 1.54) is 0 Å². The molecule has 2 heterocycles. The number of hydrogen-bond donors (Lipinski definition) is 1. The van der Waals surface area contributed by atoms with E-state index >= 15 is 0 Å². The Morgan fingerprint density at radius 2 is 2.17 bits per heavy atom. The molecule has 0 aliphatic carbocycles. The summed E-state index contributed by atoms with van der Waals surface area (Å²) in [5, 5.41) is 8.68. The molecule has 18 heavy (non-hydrogen) atoms. The highest BCUT2D eigenvalue weighted by Gasteiger charge is 2.19. The zero-order valence-electron chi connectivity index (χ0n) is 10.9. The monoisotopic (exact) mass is 289 g/mol. The van der Waals surface area contributed by atoms with Crippen LogP contribution in [-0.4, -0.2) is 31.5 Å². The van der Waals surface area contributed by atoms with E-state index in [4.69, 9.17) is 11.6 Å². The van der Waals surface area contributed by atoms with Gasteiger partial charge in [0, 0.05) is 41.9 Å². The van der Waals surface area contributed by atoms with Gasteiger partial charge >= 0.3 is 0 Å². The molecule has 1 aliphatic rings. The van der Waals surface area contributed by atoms with E-state index in [1.54, 1.807) is 0 Å². The summed E-state index contributed by atoms with van der Waals surface area (Å²) >= 11 is 6.30. The number of hydrogen-bond acceptors (Lipinski definition) is 3. The predicted octanol–water partition coefficient (Wildman–Crippen LogP) is 1.64. The van der Waals surface area contributed by atoms with Gasteiger partial charge in [0.2, 0.25) is 0 Å². The number of nitrogens with one attached hydrogen (secondary N) is 1. The highest BCUT2D eigenvalue weighted by Crippen LogP contribution is 2.21. The highest BCUT2D eigenvalue weighted by molar-refractivity contribution is 7.85. The summed E-state index contributed by atoms with van der Waals surface area (Å²) in [6.45, 7) is 2.79. The molecule has 1 aromatic rings. The van der Waals surface area contributed by atoms with Gasteiger partial charge in [-0.15, -0.1) is 0 Å². The second-order valence-electron chi connectivity index (χ2n) is 4.69. The van der Waals surface area contributed by atoms with Crippen LogP contribution in [0, 0.1) is 0 Å². The molecule has 0 spiro atoms. The minimum atomic E-state index is -0.599. The van der Waals surface area contributed by atoms with Crippen LogP contribution in [0.25, 0.3) is 0 Å². The lowest BCUT2D eigenvalue weighted by atomic mass is 10.1. The SMILES string of the molecule is CCc1nn(C)c(CNC2CCS(=O)CC2)c1Cl. The Morgan fingerprint density at radius 1 is 1.50 bits per heavy atom. The first kappa shape index (κ1) is 14.0. The van der Waals surface area contributed by atoms with Gasteiger partial charge in [-0.1, -0.05) is 18.5 Å². The van der Waals surface area contributed by atoms with Crippen molar-refractivity contribution in [3.8, 4) is 0 Å². The molecule has 0 saturated carbocycles. The van der Waals surface area contributed by atoms with Gasteiger partial charge in [0.1, 0.15) is 0 Å². The van der Waals surface area contributed by atoms with Gasteiger partial charge in [0.15, 0.2) is 0 Å². The van der Waals surface area contributed by atoms with Crippen LogP contribution < -0.4 is 5.32 Å². The van der Waals surface area contributed by atoms with Crippen molar-refractivity contribution in [3.63, 3.8) is 0 Å². The quantitative estimate of drug-likeness (QED) is 0.917. The van der Waals surface area contributed by atoms with Crippen molar-refractivity contribution in [2.24, 2.45) is 7.05 Å². The Labute approximate surface area is 116 Å². The van der Waals surface area contributed by atoms with Gasteiger partial charge in [-0.05, 0) is 19.3 Å². The van der Waals surface area contributed by atoms with Crippen LogP contribution in [0.2, 0.25) is 5.02 Å². The molecule has 0 bridgehead atoms. The Morgan fingerprint density at radius 3 is 2.72 bits per heavy atom. The Hall–Kier alpha value is -0.390. The van der Waals surface area contributed by atoms with Crippen LogP contribution >= 0.6 is 11.6 Å². The summed E-state index contributed by atoms with van der Waals surface area (Å²) in [4.78, 5) is 0. The average molecular weight is 290 g/mol. The zero-order valence-corrected chi connectivity index (χ0v) is 12.5. The third-order valence-corrected chi connectivity index (χ3v) is 5.27. The molecule has 1 fully saturated rings. The van der Waals surface area contributed by atoms with Crippen LogP contribution in [0.5, 0.6) is 0 Å². The van der Waals surface area contributed by atoms with Crippen molar-refractivity contribution in [2.75, 3.05) is 11.5 Å². The van der Waals surface area contributed by atoms with Crippen LogP contribution in [-0.2, 0) is 30.8 Å². The van der Waals surface area contributed by atoms with Crippen molar-refractivity contribution >= 4 is 22.4 Å². The summed E-state index contributed by atoms with van der Waals surface area (Å²) < 4.78 is 13.1. The Bertz CT molecular complexity index is 437. The van der Waals surface area contributed by atoms with E-state index in [0.717, 1.165) is 53.7 Å². The molecule has 2 rings (SSSR count). The van der Waals surface area contributed by atoms with E-state index in [-0.39, 0.29) is 0 Å². The first-order valence-electron chi connectivity index (χ1n) is 6.40. The molecule has 0 unspecified atom stereocenters. The Kier molecular flexibility index (Phi) is 4.81. The minimum absolute atomic E-state index is 0.457. The summed E-state index contributed by atoms with van der Waals surface area (Å²) in [7, 11) is 1.33. The number of nitrogens with zero attached hydrogens (tertiary/aromatic N) is 2. The van der Waals surface area contributed by atoms with Crippen molar-refractivity contribution in [1.29, 1.82) is 0 Å². The van der Waals surface area contributed by atoms with Crippen LogP contribution in [0.4, 0.5) is 0 Å². The van der Waals surface area contributed by atoms with E-state index in [1.807, 2.05) is 11.7 Å². The molecule has 6 heteroatoms. The Balaban J connectivity index is 1.94. The fourth-order valence-electron chi connectivity index (χ4n) is 2.25. The third kappa shape index (κ3) is 3.13. The zero-order chi connectivity index (χ0) is 13.1. The summed E-state index contributed by atoms with van der Waals surface area (Å²) in [5.74, 6) is 1.63. The fourth-order valence-corrected chi connectivity index (χ4v) is 3.91. The standard InChI is InChI=1S/C12H20ClN3OS/c1-3-10-12(13)11(16(2)15-10)8-14-9-4-6-18(17)7-5-9/h9,14H,3-8H2,1-2H3. The minimum Gasteiger partial charge on any atom is -0.308 e. The maximum Gasteiger partial charge on any atom is 0.0863 e. The molecule has 1 N–H and O–H groups in total. The average Bonchev–Trinajstić information content (AvgIpc) is 2.64. The molecular weight excluding hydrogens is 270 g/mol. The van der Waals surface area contributed by atoms with Crippen LogP contribution in [0.1, 0.15) is 31.2 Å². The highest BCUT2D eigenvalue weighted by atomic mass is 35.5. The molecule has 0 radical (unpaired) electrons. The normalized spacial score (nSPS) is 24.4. The van der Waals surface area contributed by atoms with E-state index in [9.17, 15) is 4.21 Å². The molecule has 1 saturated heterocycles. The van der Waals surface area contributed by atoms with E-state index in [0.29, 0.717) is 6.04 Å². The molecule has 4 nitrogen and oxygen atoms in total. The molecule has 1 aliphatic heterocycles. The van der Waals surface area contributed by atoms with Gasteiger partial charge in [-0.3, -0.25) is 8.89 Å². The molecule has 1 aromatic heterocycles. The lowest BCUT2D eigenvalue weighted by Gasteiger charge is -2.22. The van der Waals surface area contributed by atoms with Gasteiger partial charge in [0.05, 0.1) is 16.4 Å². The number of halogens is 1. The predicted molar refractivity (Wildman–Crippen MR) is 75.3 cm³/mol. The van der Waals surface area contributed by atoms with Crippen LogP contribution in [0.3, 0.4) is 0 Å². The molecule has 0 aromatic carbocycles. The topological polar surface area (TPSA) is 46.9 Å². The third-order valence-electron chi connectivity index (χ3n) is 3.45. The lowest BCUT2D eigenvalue weighted by Crippen LogP contribution is -2.35. The van der Waals surface area contributed by atoms with Gasteiger partial charge in [0.25, 0.3) is 0 Å². The lowest BCUT2D eigenvalue weighted by molar-refractivity contribution is 0.465. The van der Waals surface area contributed by atoms with Gasteiger partial charge in [-0.25, -0.2) is 0 Å². The fraction of sp³-hybridized carbons (Fsp3) is 0.750. The summed E-state index contributed by atoms with van der Waals surface area (Å²) in [6.07, 6.45) is 2.83. The van der Waals surface area contributed by atoms with Crippen molar-refractivity contribution in [2.45, 2.75) is 38.8 Å².